The van der Waals surface area contributed by atoms with Gasteiger partial charge in [0.05, 0.1) is 22.6 Å². The van der Waals surface area contributed by atoms with Gasteiger partial charge in [-0.3, -0.25) is 0 Å². The van der Waals surface area contributed by atoms with Crippen molar-refractivity contribution in [3.05, 3.63) is 34.4 Å². The Morgan fingerprint density at radius 3 is 2.86 bits per heavy atom. The van der Waals surface area contributed by atoms with Crippen molar-refractivity contribution in [2.45, 2.75) is 6.92 Å². The highest BCUT2D eigenvalue weighted by atomic mass is 79.9. The SMILES string of the molecule is Cc1cn(-c2ncc(F)cc2Br)nn1. The zero-order valence-electron chi connectivity index (χ0n) is 7.28. The molecule has 0 atom stereocenters. The van der Waals surface area contributed by atoms with E-state index >= 15 is 0 Å². The van der Waals surface area contributed by atoms with Crippen LogP contribution in [0.4, 0.5) is 4.39 Å². The van der Waals surface area contributed by atoms with Crippen molar-refractivity contribution in [1.82, 2.24) is 20.0 Å². The molecule has 0 aromatic carbocycles. The first-order chi connectivity index (χ1) is 6.66. The Labute approximate surface area is 87.9 Å². The summed E-state index contributed by atoms with van der Waals surface area (Å²) in [5, 5.41) is 7.64. The topological polar surface area (TPSA) is 43.6 Å². The zero-order chi connectivity index (χ0) is 10.1. The number of halogens is 2. The van der Waals surface area contributed by atoms with Crippen LogP contribution in [-0.2, 0) is 0 Å². The lowest BCUT2D eigenvalue weighted by Crippen LogP contribution is -2.00. The number of aryl methyl sites for hydroxylation is 1. The Hall–Kier alpha value is -1.30. The van der Waals surface area contributed by atoms with Gasteiger partial charge >= 0.3 is 0 Å². The summed E-state index contributed by atoms with van der Waals surface area (Å²) in [5.41, 5.74) is 0.781. The van der Waals surface area contributed by atoms with Crippen LogP contribution in [0.25, 0.3) is 5.82 Å². The van der Waals surface area contributed by atoms with Crippen LogP contribution in [-0.4, -0.2) is 20.0 Å². The first-order valence-corrected chi connectivity index (χ1v) is 4.66. The minimum Gasteiger partial charge on any atom is -0.233 e. The van der Waals surface area contributed by atoms with Gasteiger partial charge in [0.1, 0.15) is 5.82 Å². The van der Waals surface area contributed by atoms with Crippen LogP contribution in [0.3, 0.4) is 0 Å². The molecule has 2 heterocycles. The predicted octanol–water partition coefficient (Wildman–Crippen LogP) is 1.87. The minimum atomic E-state index is -0.391. The number of aromatic nitrogens is 4. The van der Waals surface area contributed by atoms with Gasteiger partial charge in [-0.15, -0.1) is 5.10 Å². The molecule has 72 valence electrons. The molecule has 0 aliphatic carbocycles. The number of hydrogen-bond acceptors (Lipinski definition) is 3. The summed E-state index contributed by atoms with van der Waals surface area (Å²) in [5.74, 6) is 0.129. The predicted molar refractivity (Wildman–Crippen MR) is 51.5 cm³/mol. The Balaban J connectivity index is 2.52. The molecule has 0 aliphatic heterocycles. The Morgan fingerprint density at radius 2 is 2.29 bits per heavy atom. The van der Waals surface area contributed by atoms with Crippen LogP contribution in [0.2, 0.25) is 0 Å². The first-order valence-electron chi connectivity index (χ1n) is 3.87. The second kappa shape index (κ2) is 3.45. The molecule has 4 nitrogen and oxygen atoms in total. The van der Waals surface area contributed by atoms with Crippen LogP contribution >= 0.6 is 15.9 Å². The van der Waals surface area contributed by atoms with Crippen molar-refractivity contribution in [2.75, 3.05) is 0 Å². The number of hydrogen-bond donors (Lipinski definition) is 0. The Bertz CT molecular complexity index is 468. The fraction of sp³-hybridized carbons (Fsp3) is 0.125. The largest absolute Gasteiger partial charge is 0.233 e. The molecule has 0 aliphatic rings. The van der Waals surface area contributed by atoms with Crippen LogP contribution in [0.5, 0.6) is 0 Å². The molecule has 0 fully saturated rings. The number of nitrogens with zero attached hydrogens (tertiary/aromatic N) is 4. The molecule has 6 heteroatoms. The molecule has 0 N–H and O–H groups in total. The summed E-state index contributed by atoms with van der Waals surface area (Å²) in [4.78, 5) is 3.90. The van der Waals surface area contributed by atoms with Gasteiger partial charge in [0.25, 0.3) is 0 Å². The molecule has 0 unspecified atom stereocenters. The second-order valence-corrected chi connectivity index (χ2v) is 3.62. The third kappa shape index (κ3) is 1.65. The molecule has 2 rings (SSSR count). The maximum absolute atomic E-state index is 12.7. The maximum atomic E-state index is 12.7. The minimum absolute atomic E-state index is 0.391. The van der Waals surface area contributed by atoms with Gasteiger partial charge in [0.15, 0.2) is 5.82 Å². The third-order valence-electron chi connectivity index (χ3n) is 1.61. The van der Waals surface area contributed by atoms with Gasteiger partial charge in [-0.05, 0) is 28.9 Å². The molecule has 0 bridgehead atoms. The van der Waals surface area contributed by atoms with E-state index in [-0.39, 0.29) is 0 Å². The fourth-order valence-corrected chi connectivity index (χ4v) is 1.53. The molecule has 0 saturated carbocycles. The third-order valence-corrected chi connectivity index (χ3v) is 2.20. The molecule has 0 saturated heterocycles. The van der Waals surface area contributed by atoms with E-state index in [1.54, 1.807) is 6.20 Å². The summed E-state index contributed by atoms with van der Waals surface area (Å²) in [6, 6.07) is 1.33. The smallest absolute Gasteiger partial charge is 0.169 e. The maximum Gasteiger partial charge on any atom is 0.169 e. The van der Waals surface area contributed by atoms with E-state index < -0.39 is 5.82 Å². The van der Waals surface area contributed by atoms with Crippen LogP contribution in [0, 0.1) is 12.7 Å². The normalized spacial score (nSPS) is 10.5. The number of rotatable bonds is 1. The average molecular weight is 257 g/mol. The van der Waals surface area contributed by atoms with Gasteiger partial charge in [0, 0.05) is 0 Å². The molecule has 0 radical (unpaired) electrons. The summed E-state index contributed by atoms with van der Waals surface area (Å²) < 4.78 is 14.8. The molecule has 2 aromatic heterocycles. The van der Waals surface area contributed by atoms with Crippen LogP contribution in [0.1, 0.15) is 5.69 Å². The van der Waals surface area contributed by atoms with Gasteiger partial charge in [-0.2, -0.15) is 0 Å². The first kappa shape index (κ1) is 9.26. The summed E-state index contributed by atoms with van der Waals surface area (Å²) in [6.45, 7) is 1.82. The van der Waals surface area contributed by atoms with E-state index in [1.165, 1.54) is 10.7 Å². The van der Waals surface area contributed by atoms with Crippen molar-refractivity contribution < 1.29 is 4.39 Å². The quantitative estimate of drug-likeness (QED) is 0.783. The van der Waals surface area contributed by atoms with E-state index in [9.17, 15) is 4.39 Å². The lowest BCUT2D eigenvalue weighted by atomic mass is 10.4. The van der Waals surface area contributed by atoms with E-state index in [2.05, 4.69) is 31.2 Å². The molecule has 0 amide bonds. The highest BCUT2D eigenvalue weighted by Crippen LogP contribution is 2.18. The van der Waals surface area contributed by atoms with E-state index in [0.29, 0.717) is 10.3 Å². The van der Waals surface area contributed by atoms with Crippen molar-refractivity contribution >= 4 is 15.9 Å². The van der Waals surface area contributed by atoms with Crippen molar-refractivity contribution in [3.8, 4) is 5.82 Å². The van der Waals surface area contributed by atoms with Crippen molar-refractivity contribution in [1.29, 1.82) is 0 Å². The van der Waals surface area contributed by atoms with Gasteiger partial charge in [-0.25, -0.2) is 14.1 Å². The Kier molecular flexibility index (Phi) is 2.28. The van der Waals surface area contributed by atoms with Gasteiger partial charge in [-0.1, -0.05) is 5.21 Å². The van der Waals surface area contributed by atoms with E-state index in [4.69, 9.17) is 0 Å². The van der Waals surface area contributed by atoms with Crippen LogP contribution in [0.15, 0.2) is 22.9 Å². The second-order valence-electron chi connectivity index (χ2n) is 2.76. The average Bonchev–Trinajstić information content (AvgIpc) is 2.51. The highest BCUT2D eigenvalue weighted by molar-refractivity contribution is 9.10. The van der Waals surface area contributed by atoms with Crippen molar-refractivity contribution in [2.24, 2.45) is 0 Å². The van der Waals surface area contributed by atoms with E-state index in [0.717, 1.165) is 11.9 Å². The van der Waals surface area contributed by atoms with Crippen LogP contribution < -0.4 is 0 Å². The number of pyridine rings is 1. The van der Waals surface area contributed by atoms with Gasteiger partial charge < -0.3 is 0 Å². The standard InChI is InChI=1S/C8H6BrFN4/c1-5-4-14(13-12-5)8-7(9)2-6(10)3-11-8/h2-4H,1H3. The highest BCUT2D eigenvalue weighted by Gasteiger charge is 2.06. The molecular weight excluding hydrogens is 251 g/mol. The lowest BCUT2D eigenvalue weighted by molar-refractivity contribution is 0.617. The molecule has 2 aromatic rings. The fourth-order valence-electron chi connectivity index (χ4n) is 1.03. The molecule has 14 heavy (non-hydrogen) atoms. The summed E-state index contributed by atoms with van der Waals surface area (Å²) in [7, 11) is 0. The summed E-state index contributed by atoms with van der Waals surface area (Å²) >= 11 is 3.20. The van der Waals surface area contributed by atoms with E-state index in [1.807, 2.05) is 6.92 Å². The summed E-state index contributed by atoms with van der Waals surface area (Å²) in [6.07, 6.45) is 2.85. The molecular formula is C8H6BrFN4. The van der Waals surface area contributed by atoms with Gasteiger partial charge in [0.2, 0.25) is 0 Å². The van der Waals surface area contributed by atoms with Crippen molar-refractivity contribution in [3.63, 3.8) is 0 Å². The zero-order valence-corrected chi connectivity index (χ0v) is 8.86. The monoisotopic (exact) mass is 256 g/mol. The Morgan fingerprint density at radius 1 is 1.50 bits per heavy atom. The molecule has 0 spiro atoms. The lowest BCUT2D eigenvalue weighted by Gasteiger charge is -2.00.